The molecule has 0 unspecified atom stereocenters. The Labute approximate surface area is 95.5 Å². The van der Waals surface area contributed by atoms with Crippen molar-refractivity contribution in [2.45, 2.75) is 5.51 Å². The highest BCUT2D eigenvalue weighted by atomic mass is 32.2. The number of Topliss-reactive ketones (excluding diaryl/α,β-unsaturated/α-hetero) is 1. The van der Waals surface area contributed by atoms with Gasteiger partial charge in [-0.1, -0.05) is 0 Å². The van der Waals surface area contributed by atoms with Gasteiger partial charge in [0.2, 0.25) is 0 Å². The number of sulfonamides is 1. The van der Waals surface area contributed by atoms with Crippen LogP contribution in [0.3, 0.4) is 0 Å². The second-order valence-corrected chi connectivity index (χ2v) is 4.73. The molecule has 0 aliphatic rings. The first kappa shape index (κ1) is 13.5. The van der Waals surface area contributed by atoms with E-state index >= 15 is 0 Å². The zero-order valence-corrected chi connectivity index (χ0v) is 9.10. The van der Waals surface area contributed by atoms with Gasteiger partial charge in [0.25, 0.3) is 0 Å². The summed E-state index contributed by atoms with van der Waals surface area (Å²) in [5.74, 6) is -0.518. The molecular weight excluding hydrogens is 259 g/mol. The molecule has 1 radical (unpaired) electrons. The SMILES string of the molecule is [CH2]C(=O)c1ccc(NS(=O)(=O)C(F)(F)F)cc1. The molecule has 0 amide bonds. The van der Waals surface area contributed by atoms with E-state index in [4.69, 9.17) is 0 Å². The fourth-order valence-electron chi connectivity index (χ4n) is 0.937. The molecule has 93 valence electrons. The molecule has 0 spiro atoms. The minimum atomic E-state index is -5.43. The first-order valence-corrected chi connectivity index (χ1v) is 5.67. The van der Waals surface area contributed by atoms with Crippen LogP contribution >= 0.6 is 0 Å². The van der Waals surface area contributed by atoms with Crippen LogP contribution in [0, 0.1) is 6.92 Å². The van der Waals surface area contributed by atoms with Gasteiger partial charge in [0, 0.05) is 18.2 Å². The Morgan fingerprint density at radius 1 is 1.18 bits per heavy atom. The van der Waals surface area contributed by atoms with Crippen LogP contribution in [0.25, 0.3) is 0 Å². The van der Waals surface area contributed by atoms with Gasteiger partial charge in [0.15, 0.2) is 5.78 Å². The lowest BCUT2D eigenvalue weighted by molar-refractivity contribution is -0.0429. The monoisotopic (exact) mass is 266 g/mol. The Morgan fingerprint density at radius 2 is 1.65 bits per heavy atom. The van der Waals surface area contributed by atoms with Crippen molar-refractivity contribution in [1.82, 2.24) is 0 Å². The topological polar surface area (TPSA) is 63.2 Å². The molecule has 0 aliphatic heterocycles. The Hall–Kier alpha value is -1.57. The van der Waals surface area contributed by atoms with Crippen LogP contribution in [-0.4, -0.2) is 19.7 Å². The zero-order valence-electron chi connectivity index (χ0n) is 8.28. The number of anilines is 1. The first-order chi connectivity index (χ1) is 7.63. The van der Waals surface area contributed by atoms with Crippen molar-refractivity contribution >= 4 is 21.5 Å². The van der Waals surface area contributed by atoms with Gasteiger partial charge in [-0.2, -0.15) is 21.6 Å². The van der Waals surface area contributed by atoms with E-state index in [1.807, 2.05) is 0 Å². The number of ketones is 1. The van der Waals surface area contributed by atoms with Crippen LogP contribution in [0.1, 0.15) is 10.4 Å². The number of benzene rings is 1. The lowest BCUT2D eigenvalue weighted by Crippen LogP contribution is -2.29. The molecule has 0 aliphatic carbocycles. The van der Waals surface area contributed by atoms with E-state index in [0.29, 0.717) is 0 Å². The van der Waals surface area contributed by atoms with Gasteiger partial charge in [0.1, 0.15) is 0 Å². The number of rotatable bonds is 3. The first-order valence-electron chi connectivity index (χ1n) is 4.19. The Bertz CT molecular complexity index is 519. The van der Waals surface area contributed by atoms with Crippen LogP contribution in [-0.2, 0) is 10.0 Å². The fourth-order valence-corrected chi connectivity index (χ4v) is 1.50. The van der Waals surface area contributed by atoms with Crippen LogP contribution in [0.2, 0.25) is 0 Å². The molecule has 1 N–H and O–H groups in total. The van der Waals surface area contributed by atoms with Crippen LogP contribution < -0.4 is 4.72 Å². The standard InChI is InChI=1S/C9H7F3NO3S/c1-6(14)7-2-4-8(5-3-7)13-17(15,16)9(10,11)12/h2-5,13H,1H2. The maximum absolute atomic E-state index is 12.0. The highest BCUT2D eigenvalue weighted by molar-refractivity contribution is 7.93. The number of nitrogens with one attached hydrogen (secondary N) is 1. The quantitative estimate of drug-likeness (QED) is 0.851. The Balaban J connectivity index is 2.95. The van der Waals surface area contributed by atoms with Gasteiger partial charge in [-0.05, 0) is 24.3 Å². The number of hydrogen-bond acceptors (Lipinski definition) is 3. The molecular formula is C9H7F3NO3S. The summed E-state index contributed by atoms with van der Waals surface area (Å²) in [6, 6.07) is 4.43. The molecule has 4 nitrogen and oxygen atoms in total. The highest BCUT2D eigenvalue weighted by Crippen LogP contribution is 2.25. The number of carbonyl (C=O) groups excluding carboxylic acids is 1. The van der Waals surface area contributed by atoms with Gasteiger partial charge < -0.3 is 0 Å². The molecule has 0 bridgehead atoms. The predicted molar refractivity (Wildman–Crippen MR) is 54.7 cm³/mol. The Morgan fingerprint density at radius 3 is 2.00 bits per heavy atom. The molecule has 0 saturated heterocycles. The fraction of sp³-hybridized carbons (Fsp3) is 0.111. The molecule has 8 heteroatoms. The number of carbonyl (C=O) groups is 1. The largest absolute Gasteiger partial charge is 0.516 e. The van der Waals surface area contributed by atoms with E-state index in [9.17, 15) is 26.4 Å². The molecule has 0 fully saturated rings. The summed E-state index contributed by atoms with van der Waals surface area (Å²) in [6.07, 6.45) is 0. The summed E-state index contributed by atoms with van der Waals surface area (Å²) in [4.78, 5) is 10.8. The van der Waals surface area contributed by atoms with Gasteiger partial charge in [-0.25, -0.2) is 0 Å². The molecule has 0 atom stereocenters. The van der Waals surface area contributed by atoms with E-state index < -0.39 is 21.3 Å². The van der Waals surface area contributed by atoms with E-state index in [0.717, 1.165) is 12.1 Å². The number of hydrogen-bond donors (Lipinski definition) is 1. The summed E-state index contributed by atoms with van der Waals surface area (Å²) in [5, 5.41) is 0. The smallest absolute Gasteiger partial charge is 0.294 e. The molecule has 0 saturated carbocycles. The van der Waals surface area contributed by atoms with Crippen molar-refractivity contribution in [1.29, 1.82) is 0 Å². The molecule has 1 rings (SSSR count). The Kier molecular flexibility index (Phi) is 3.46. The van der Waals surface area contributed by atoms with Crippen molar-refractivity contribution < 1.29 is 26.4 Å². The normalized spacial score (nSPS) is 12.2. The van der Waals surface area contributed by atoms with Crippen LogP contribution in [0.15, 0.2) is 24.3 Å². The number of alkyl halides is 3. The predicted octanol–water partition coefficient (Wildman–Crippen LogP) is 1.96. The summed E-state index contributed by atoms with van der Waals surface area (Å²) >= 11 is 0. The highest BCUT2D eigenvalue weighted by Gasteiger charge is 2.45. The lowest BCUT2D eigenvalue weighted by Gasteiger charge is -2.10. The molecule has 17 heavy (non-hydrogen) atoms. The minimum absolute atomic E-state index is 0.167. The van der Waals surface area contributed by atoms with E-state index in [1.165, 1.54) is 16.9 Å². The summed E-state index contributed by atoms with van der Waals surface area (Å²) < 4.78 is 58.8. The van der Waals surface area contributed by atoms with E-state index in [2.05, 4.69) is 6.92 Å². The van der Waals surface area contributed by atoms with Crippen molar-refractivity contribution in [3.05, 3.63) is 36.8 Å². The average molecular weight is 266 g/mol. The lowest BCUT2D eigenvalue weighted by atomic mass is 10.1. The van der Waals surface area contributed by atoms with Gasteiger partial charge in [-0.15, -0.1) is 0 Å². The minimum Gasteiger partial charge on any atom is -0.294 e. The second kappa shape index (κ2) is 4.36. The average Bonchev–Trinajstić information content (AvgIpc) is 2.16. The summed E-state index contributed by atoms with van der Waals surface area (Å²) in [5.41, 5.74) is -5.50. The molecule has 0 aromatic heterocycles. The van der Waals surface area contributed by atoms with Gasteiger partial charge in [-0.3, -0.25) is 9.52 Å². The maximum atomic E-state index is 12.0. The molecule has 1 aromatic carbocycles. The second-order valence-electron chi connectivity index (χ2n) is 3.05. The third-order valence-electron chi connectivity index (χ3n) is 1.76. The number of halogens is 3. The van der Waals surface area contributed by atoms with E-state index in [1.54, 1.807) is 0 Å². The van der Waals surface area contributed by atoms with Crippen LogP contribution in [0.4, 0.5) is 18.9 Å². The van der Waals surface area contributed by atoms with Gasteiger partial charge in [0.05, 0.1) is 0 Å². The maximum Gasteiger partial charge on any atom is 0.516 e. The van der Waals surface area contributed by atoms with Gasteiger partial charge >= 0.3 is 15.5 Å². The van der Waals surface area contributed by atoms with Crippen LogP contribution in [0.5, 0.6) is 0 Å². The third-order valence-corrected chi connectivity index (χ3v) is 2.88. The summed E-state index contributed by atoms with van der Waals surface area (Å²) in [6.45, 7) is 3.09. The van der Waals surface area contributed by atoms with Crippen molar-refractivity contribution in [2.24, 2.45) is 0 Å². The molecule has 0 heterocycles. The van der Waals surface area contributed by atoms with Crippen molar-refractivity contribution in [3.63, 3.8) is 0 Å². The van der Waals surface area contributed by atoms with E-state index in [-0.39, 0.29) is 11.3 Å². The van der Waals surface area contributed by atoms with Crippen molar-refractivity contribution in [2.75, 3.05) is 4.72 Å². The third kappa shape index (κ3) is 3.19. The van der Waals surface area contributed by atoms with Crippen molar-refractivity contribution in [3.8, 4) is 0 Å². The zero-order chi connectivity index (χ0) is 13.3. The molecule has 1 aromatic rings. The summed E-state index contributed by atoms with van der Waals surface area (Å²) in [7, 11) is -5.43.